The van der Waals surface area contributed by atoms with Crippen LogP contribution in [0.1, 0.15) is 41.7 Å². The van der Waals surface area contributed by atoms with Crippen LogP contribution in [-0.4, -0.2) is 69.8 Å². The summed E-state index contributed by atoms with van der Waals surface area (Å²) in [6, 6.07) is 5.20. The maximum absolute atomic E-state index is 13.2. The van der Waals surface area contributed by atoms with Crippen molar-refractivity contribution < 1.29 is 24.2 Å². The number of nitrogens with zero attached hydrogens (tertiary/aromatic N) is 2. The minimum atomic E-state index is -1.00. The second kappa shape index (κ2) is 7.73. The zero-order chi connectivity index (χ0) is 24.5. The van der Waals surface area contributed by atoms with E-state index < -0.39 is 17.1 Å². The summed E-state index contributed by atoms with van der Waals surface area (Å²) in [6.45, 7) is 7.31. The first-order valence-corrected chi connectivity index (χ1v) is 12.4. The molecule has 1 amide bonds. The Morgan fingerprint density at radius 1 is 1.34 bits per heavy atom. The van der Waals surface area contributed by atoms with Crippen molar-refractivity contribution in [2.24, 2.45) is 0 Å². The maximum atomic E-state index is 13.2. The molecule has 1 saturated heterocycles. The average Bonchev–Trinajstić information content (AvgIpc) is 3.41. The zero-order valence-electron chi connectivity index (χ0n) is 20.2. The number of hydrogen-bond acceptors (Lipinski definition) is 6. The third-order valence-electron chi connectivity index (χ3n) is 9.05. The van der Waals surface area contributed by atoms with Gasteiger partial charge in [-0.25, -0.2) is 0 Å². The molecule has 2 N–H and O–H groups in total. The second-order valence-corrected chi connectivity index (χ2v) is 10.5. The SMILES string of the molecule is C=CCN1CC[C@]23c4c5ccc(O)c4O[C@H]2[C@@H](N(C)C(=O)/C=C/c2ccoc2C)CC[C@@]3(O)[C@H]1C5. The number of carbonyl (C=O) groups is 1. The Kier molecular flexibility index (Phi) is 4.96. The normalized spacial score (nSPS) is 32.8. The standard InChI is InChI=1S/C28H32N2O5/c1-4-13-30-14-12-27-24-19-5-7-21(31)25(24)35-26(27)20(9-11-28(27,33)22(30)16-19)29(3)23(32)8-6-18-10-15-34-17(18)2/h4-8,10,15,20,22,26,31,33H,1,9,11-14,16H2,2-3H3/b8-6+/t20-,22+,26-,27-,28+/m0/s1. The summed E-state index contributed by atoms with van der Waals surface area (Å²) in [6.07, 6.45) is 8.99. The molecule has 0 unspecified atom stereocenters. The fraction of sp³-hybridized carbons (Fsp3) is 0.464. The molecule has 5 atom stereocenters. The lowest BCUT2D eigenvalue weighted by molar-refractivity contribution is -0.198. The molecular weight excluding hydrogens is 444 g/mol. The number of ether oxygens (including phenoxy) is 1. The third kappa shape index (κ3) is 2.88. The van der Waals surface area contributed by atoms with Gasteiger partial charge in [0.25, 0.3) is 0 Å². The van der Waals surface area contributed by atoms with Crippen LogP contribution in [0, 0.1) is 6.92 Å². The molecule has 7 heteroatoms. The van der Waals surface area contributed by atoms with E-state index in [1.54, 1.807) is 36.4 Å². The van der Waals surface area contributed by atoms with Crippen molar-refractivity contribution >= 4 is 12.0 Å². The summed E-state index contributed by atoms with van der Waals surface area (Å²) in [5, 5.41) is 23.2. The van der Waals surface area contributed by atoms with Gasteiger partial charge in [-0.15, -0.1) is 6.58 Å². The molecule has 2 aliphatic carbocycles. The number of aromatic hydroxyl groups is 1. The van der Waals surface area contributed by atoms with Crippen LogP contribution in [0.2, 0.25) is 0 Å². The molecule has 2 aliphatic heterocycles. The lowest BCUT2D eigenvalue weighted by Crippen LogP contribution is -2.78. The zero-order valence-corrected chi connectivity index (χ0v) is 20.2. The molecule has 35 heavy (non-hydrogen) atoms. The summed E-state index contributed by atoms with van der Waals surface area (Å²) >= 11 is 0. The molecule has 2 fully saturated rings. The quantitative estimate of drug-likeness (QED) is 0.509. The smallest absolute Gasteiger partial charge is 0.246 e. The van der Waals surface area contributed by atoms with Crippen LogP contribution in [0.25, 0.3) is 6.08 Å². The van der Waals surface area contributed by atoms with Crippen molar-refractivity contribution in [3.63, 3.8) is 0 Å². The predicted molar refractivity (Wildman–Crippen MR) is 131 cm³/mol. The number of likely N-dealkylation sites (N-methyl/N-ethyl adjacent to an activating group) is 1. The minimum absolute atomic E-state index is 0.0609. The van der Waals surface area contributed by atoms with Crippen molar-refractivity contribution in [2.45, 2.75) is 61.8 Å². The van der Waals surface area contributed by atoms with Crippen molar-refractivity contribution in [1.29, 1.82) is 0 Å². The van der Waals surface area contributed by atoms with Crippen LogP contribution in [0.15, 0.2) is 47.6 Å². The number of rotatable bonds is 5. The largest absolute Gasteiger partial charge is 0.504 e. The summed E-state index contributed by atoms with van der Waals surface area (Å²) in [7, 11) is 1.81. The number of amides is 1. The van der Waals surface area contributed by atoms with Crippen molar-refractivity contribution in [1.82, 2.24) is 9.80 Å². The van der Waals surface area contributed by atoms with Gasteiger partial charge in [-0.05, 0) is 62.9 Å². The summed E-state index contributed by atoms with van der Waals surface area (Å²) < 4.78 is 11.9. The number of carbonyl (C=O) groups excluding carboxylic acids is 1. The first-order chi connectivity index (χ1) is 16.8. The van der Waals surface area contributed by atoms with E-state index in [1.807, 2.05) is 25.1 Å². The number of phenols is 1. The molecular formula is C28H32N2O5. The lowest BCUT2D eigenvalue weighted by atomic mass is 9.48. The summed E-state index contributed by atoms with van der Waals surface area (Å²) in [4.78, 5) is 17.3. The number of aryl methyl sites for hydroxylation is 1. The summed E-state index contributed by atoms with van der Waals surface area (Å²) in [5.41, 5.74) is 1.27. The van der Waals surface area contributed by atoms with E-state index in [0.717, 1.165) is 35.5 Å². The average molecular weight is 477 g/mol. The Labute approximate surface area is 205 Å². The second-order valence-electron chi connectivity index (χ2n) is 10.5. The van der Waals surface area contributed by atoms with Crippen LogP contribution in [-0.2, 0) is 16.6 Å². The first-order valence-electron chi connectivity index (χ1n) is 12.4. The van der Waals surface area contributed by atoms with Gasteiger partial charge in [0.2, 0.25) is 5.91 Å². The van der Waals surface area contributed by atoms with Gasteiger partial charge >= 0.3 is 0 Å². The van der Waals surface area contributed by atoms with Crippen LogP contribution >= 0.6 is 0 Å². The van der Waals surface area contributed by atoms with E-state index in [-0.39, 0.29) is 23.7 Å². The van der Waals surface area contributed by atoms with Crippen molar-refractivity contribution in [2.75, 3.05) is 20.1 Å². The molecule has 1 aromatic carbocycles. The molecule has 4 aliphatic rings. The molecule has 3 heterocycles. The summed E-state index contributed by atoms with van der Waals surface area (Å²) in [5.74, 6) is 1.22. The number of furan rings is 1. The molecule has 1 saturated carbocycles. The van der Waals surface area contributed by atoms with Gasteiger partial charge in [0.05, 0.1) is 23.3 Å². The molecule has 2 bridgehead atoms. The van der Waals surface area contributed by atoms with Gasteiger partial charge in [-0.3, -0.25) is 9.69 Å². The maximum Gasteiger partial charge on any atom is 0.246 e. The molecule has 6 rings (SSSR count). The number of hydrogen-bond donors (Lipinski definition) is 2. The Balaban J connectivity index is 1.40. The molecule has 0 radical (unpaired) electrons. The Morgan fingerprint density at radius 3 is 2.91 bits per heavy atom. The molecule has 1 aromatic heterocycles. The van der Waals surface area contributed by atoms with E-state index in [1.165, 1.54) is 0 Å². The number of aliphatic hydroxyl groups is 1. The van der Waals surface area contributed by atoms with Crippen molar-refractivity contribution in [3.05, 3.63) is 65.6 Å². The van der Waals surface area contributed by atoms with Gasteiger partial charge in [0, 0.05) is 36.8 Å². The van der Waals surface area contributed by atoms with Crippen molar-refractivity contribution in [3.8, 4) is 11.5 Å². The predicted octanol–water partition coefficient (Wildman–Crippen LogP) is 3.17. The third-order valence-corrected chi connectivity index (χ3v) is 9.05. The number of likely N-dealkylation sites (tertiary alicyclic amines) is 1. The minimum Gasteiger partial charge on any atom is -0.504 e. The van der Waals surface area contributed by atoms with Gasteiger partial charge < -0.3 is 24.3 Å². The first kappa shape index (κ1) is 22.4. The molecule has 1 spiro atoms. The topological polar surface area (TPSA) is 86.4 Å². The number of benzene rings is 1. The van der Waals surface area contributed by atoms with Crippen LogP contribution in [0.4, 0.5) is 0 Å². The number of piperidine rings is 1. The van der Waals surface area contributed by atoms with Crippen LogP contribution in [0.3, 0.4) is 0 Å². The Morgan fingerprint density at radius 2 is 2.17 bits per heavy atom. The lowest BCUT2D eigenvalue weighted by Gasteiger charge is -2.64. The number of phenolic OH excluding ortho intramolecular Hbond substituents is 1. The fourth-order valence-corrected chi connectivity index (χ4v) is 7.40. The molecule has 7 nitrogen and oxygen atoms in total. The van der Waals surface area contributed by atoms with Gasteiger partial charge in [-0.1, -0.05) is 12.1 Å². The fourth-order valence-electron chi connectivity index (χ4n) is 7.40. The van der Waals surface area contributed by atoms with Gasteiger partial charge in [0.15, 0.2) is 11.5 Å². The highest BCUT2D eigenvalue weighted by Gasteiger charge is 2.73. The monoisotopic (exact) mass is 476 g/mol. The highest BCUT2D eigenvalue weighted by molar-refractivity contribution is 5.92. The van der Waals surface area contributed by atoms with E-state index >= 15 is 0 Å². The highest BCUT2D eigenvalue weighted by Crippen LogP contribution is 2.65. The Hall–Kier alpha value is -3.03. The van der Waals surface area contributed by atoms with E-state index in [4.69, 9.17) is 9.15 Å². The van der Waals surface area contributed by atoms with Crippen LogP contribution < -0.4 is 4.74 Å². The molecule has 184 valence electrons. The van der Waals surface area contributed by atoms with E-state index in [2.05, 4.69) is 11.5 Å². The molecule has 2 aromatic rings. The van der Waals surface area contributed by atoms with Crippen LogP contribution in [0.5, 0.6) is 11.5 Å². The van der Waals surface area contributed by atoms with Gasteiger partial charge in [0.1, 0.15) is 11.9 Å². The van der Waals surface area contributed by atoms with Gasteiger partial charge in [-0.2, -0.15) is 0 Å². The highest BCUT2D eigenvalue weighted by atomic mass is 16.5. The Bertz CT molecular complexity index is 1230. The van der Waals surface area contributed by atoms with E-state index in [9.17, 15) is 15.0 Å². The van der Waals surface area contributed by atoms with E-state index in [0.29, 0.717) is 31.4 Å².